The third-order valence-corrected chi connectivity index (χ3v) is 18.8. The first-order valence-corrected chi connectivity index (χ1v) is 35.4. The standard InChI is InChI=1S/C52H44Cl3FN18O20S5/c1-5-95(78,79)25-9-6-23(7-10-25)62-52-69-48(56)68-49(70-52)58-16-17-74-45(76)32(44(57)75)21(3)35(46(74)77)73-72-30-18-24(8-15-31(30)96(80,81)82)63-51-67-47(55)66-50(71-51)60-20(2)19-59-28-13-11-26-38(42(28)97(83,84)85)92-40-33(53)37-41(34(54)36(40)64-26)93-39-27(65-37)12-14-29(43(39)98(86,87)88)61-22(4)94-99(89,90)91/h5-15,18,20,59,64,76,89-91H,1,4,16-17,19H2,2-3H3,(H2,57,75)(H,80,81,82)(H,83,84,85)(H,86,87,88)(H2,58,62,68,69,70)(H2,60,63,66,67,71)/b61-29-,73-72?. The summed E-state index contributed by atoms with van der Waals surface area (Å²) in [7, 11) is -19.4. The van der Waals surface area contributed by atoms with Crippen molar-refractivity contribution in [3.8, 4) is 28.8 Å². The lowest BCUT2D eigenvalue weighted by Crippen LogP contribution is -2.28. The topological polar surface area (TPSA) is 574 Å². The number of hydrogen-bond acceptors (Lipinski definition) is 33. The lowest BCUT2D eigenvalue weighted by molar-refractivity contribution is 0.0995. The molecule has 4 aromatic carbocycles. The van der Waals surface area contributed by atoms with Crippen LogP contribution in [-0.4, -0.2) is 131 Å². The minimum Gasteiger partial charge on any atom is -0.494 e. The molecular formula is C52H44Cl3FN18O20S5. The van der Waals surface area contributed by atoms with Crippen LogP contribution in [0.15, 0.2) is 135 Å². The van der Waals surface area contributed by atoms with Crippen LogP contribution in [0.2, 0.25) is 15.3 Å². The number of hydrogen-bond donors (Lipinski definition) is 14. The molecule has 99 heavy (non-hydrogen) atoms. The third-order valence-electron chi connectivity index (χ3n) is 13.4. The highest BCUT2D eigenvalue weighted by Gasteiger charge is 2.36. The Bertz CT molecular complexity index is 5530. The quantitative estimate of drug-likeness (QED) is 0.0116. The van der Waals surface area contributed by atoms with E-state index in [9.17, 15) is 80.1 Å². The maximum absolute atomic E-state index is 14.6. The van der Waals surface area contributed by atoms with Gasteiger partial charge in [0.1, 0.15) is 43.1 Å². The number of aromatic nitrogens is 8. The van der Waals surface area contributed by atoms with Crippen LogP contribution in [0.5, 0.6) is 17.4 Å². The zero-order chi connectivity index (χ0) is 72.2. The van der Waals surface area contributed by atoms with Crippen LogP contribution < -0.4 is 53.3 Å². The number of amides is 1. The number of carbonyl (C=O) groups excluding carboxylic acids is 1. The number of benzene rings is 5. The van der Waals surface area contributed by atoms with Gasteiger partial charge in [0.25, 0.3) is 42.9 Å². The van der Waals surface area contributed by atoms with Crippen LogP contribution >= 0.6 is 46.0 Å². The fourth-order valence-electron chi connectivity index (χ4n) is 9.27. The van der Waals surface area contributed by atoms with Crippen molar-refractivity contribution in [1.29, 1.82) is 0 Å². The van der Waals surface area contributed by atoms with E-state index in [1.807, 2.05) is 0 Å². The molecule has 47 heteroatoms. The smallest absolute Gasteiger partial charge is 0.315 e. The van der Waals surface area contributed by atoms with Gasteiger partial charge in [0.05, 0.1) is 21.6 Å². The van der Waals surface area contributed by atoms with E-state index in [2.05, 4.69) is 99.4 Å². The maximum Gasteiger partial charge on any atom is 0.315 e. The molecule has 0 saturated heterocycles. The molecule has 15 N–H and O–H groups in total. The summed E-state index contributed by atoms with van der Waals surface area (Å²) >= 11 is 15.2. The molecule has 520 valence electrons. The second-order valence-corrected chi connectivity index (χ2v) is 28.4. The molecule has 1 amide bonds. The highest BCUT2D eigenvalue weighted by molar-refractivity contribution is 8.15. The first-order valence-electron chi connectivity index (χ1n) is 27.0. The normalized spacial score (nSPS) is 13.2. The zero-order valence-electron chi connectivity index (χ0n) is 49.5. The van der Waals surface area contributed by atoms with Gasteiger partial charge in [0.2, 0.25) is 40.8 Å². The van der Waals surface area contributed by atoms with E-state index in [0.29, 0.717) is 4.57 Å². The van der Waals surface area contributed by atoms with Gasteiger partial charge in [-0.3, -0.25) is 41.5 Å². The van der Waals surface area contributed by atoms with E-state index in [1.165, 1.54) is 43.3 Å². The molecule has 0 fully saturated rings. The number of azo groups is 1. The Morgan fingerprint density at radius 3 is 2.10 bits per heavy atom. The minimum atomic E-state index is -5.28. The molecule has 0 saturated carbocycles. The van der Waals surface area contributed by atoms with Gasteiger partial charge in [-0.2, -0.15) is 59.5 Å². The maximum atomic E-state index is 14.6. The molecule has 0 bridgehead atoms. The molecule has 0 radical (unpaired) electrons. The number of halogens is 4. The number of pyridine rings is 1. The second kappa shape index (κ2) is 27.3. The number of aromatic hydroxyl groups is 1. The van der Waals surface area contributed by atoms with E-state index in [4.69, 9.17) is 49.7 Å². The monoisotopic (exact) mass is 1520 g/mol. The number of rotatable bonds is 24. The van der Waals surface area contributed by atoms with Crippen molar-refractivity contribution >= 4 is 167 Å². The van der Waals surface area contributed by atoms with Gasteiger partial charge in [0, 0.05) is 48.0 Å². The number of nitrogens with one attached hydrogen (secondary N) is 6. The summed E-state index contributed by atoms with van der Waals surface area (Å²) < 4.78 is 192. The average Bonchev–Trinajstić information content (AvgIpc) is 0.707. The van der Waals surface area contributed by atoms with Gasteiger partial charge >= 0.3 is 16.2 Å². The Kier molecular flexibility index (Phi) is 19.8. The van der Waals surface area contributed by atoms with Gasteiger partial charge in [-0.1, -0.05) is 29.8 Å². The molecular weight excluding hydrogens is 1480 g/mol. The molecule has 1 aliphatic carbocycles. The first kappa shape index (κ1) is 71.7. The van der Waals surface area contributed by atoms with Crippen LogP contribution in [-0.2, 0) is 50.9 Å². The van der Waals surface area contributed by atoms with Crippen LogP contribution in [0.3, 0.4) is 0 Å². The number of carbonyl (C=O) groups is 1. The van der Waals surface area contributed by atoms with Crippen LogP contribution in [0, 0.1) is 13.0 Å². The lowest BCUT2D eigenvalue weighted by atomic mass is 10.1. The number of nitrogens with zero attached hydrogens (tertiary/aromatic N) is 11. The van der Waals surface area contributed by atoms with E-state index < -0.39 is 169 Å². The van der Waals surface area contributed by atoms with Crippen molar-refractivity contribution < 1.29 is 88.6 Å². The SMILES string of the molecule is C=CS(=O)(=O)c1ccc(Nc2nc(F)nc(NCCn3c(O)c(C(N)=O)c(C)c(N=Nc4cc(Nc5nc(Cl)nc(NC(C)CNc6ccc7c(c6S(=O)(=O)O)Oc6c(c(Cl)c8oc9c(S(=O)(=O)O)/c(=N\C(=C)OS(O)(O)O)ccc-9nc8c6Cl)N7)n5)ccc4S(=O)(=O)O)c3=O)n2)cc1. The number of sulfone groups is 1. The molecule has 2 aliphatic heterocycles. The third kappa shape index (κ3) is 15.8. The molecule has 10 rings (SSSR count). The molecule has 7 aromatic rings. The number of primary amides is 1. The number of nitrogens with two attached hydrogens (primary N) is 1. The summed E-state index contributed by atoms with van der Waals surface area (Å²) in [6.07, 6.45) is -1.27. The Labute approximate surface area is 571 Å². The molecule has 5 heterocycles. The first-order chi connectivity index (χ1) is 46.3. The average molecular weight is 1530 g/mol. The minimum absolute atomic E-state index is 0.0595. The predicted octanol–water partition coefficient (Wildman–Crippen LogP) is 8.64. The highest BCUT2D eigenvalue weighted by Crippen LogP contribution is 2.55. The number of fused-ring (bicyclic) bond motifs is 4. The van der Waals surface area contributed by atoms with Crippen LogP contribution in [0.25, 0.3) is 22.6 Å². The largest absolute Gasteiger partial charge is 0.494 e. The van der Waals surface area contributed by atoms with E-state index in [0.717, 1.165) is 35.7 Å². The van der Waals surface area contributed by atoms with Gasteiger partial charge in [-0.15, -0.1) is 10.2 Å². The van der Waals surface area contributed by atoms with Crippen molar-refractivity contribution in [2.45, 2.75) is 46.0 Å². The van der Waals surface area contributed by atoms with Crippen molar-refractivity contribution in [2.24, 2.45) is 21.0 Å². The van der Waals surface area contributed by atoms with Gasteiger partial charge in [0.15, 0.2) is 48.2 Å². The van der Waals surface area contributed by atoms with Crippen LogP contribution in [0.1, 0.15) is 22.8 Å². The van der Waals surface area contributed by atoms with E-state index in [-0.39, 0.29) is 86.8 Å². The Morgan fingerprint density at radius 1 is 0.798 bits per heavy atom. The Morgan fingerprint density at radius 2 is 1.44 bits per heavy atom. The van der Waals surface area contributed by atoms with E-state index >= 15 is 0 Å². The predicted molar refractivity (Wildman–Crippen MR) is 352 cm³/mol. The molecule has 38 nitrogen and oxygen atoms in total. The summed E-state index contributed by atoms with van der Waals surface area (Å²) in [5.74, 6) is -5.91. The van der Waals surface area contributed by atoms with Crippen molar-refractivity contribution in [1.82, 2.24) is 39.5 Å². The zero-order valence-corrected chi connectivity index (χ0v) is 55.9. The van der Waals surface area contributed by atoms with Gasteiger partial charge < -0.3 is 56.1 Å². The fourth-order valence-corrected chi connectivity index (χ4v) is 13.1. The molecule has 1 unspecified atom stereocenters. The summed E-state index contributed by atoms with van der Waals surface area (Å²) in [6.45, 7) is 8.17. The Balaban J connectivity index is 0.857. The summed E-state index contributed by atoms with van der Waals surface area (Å²) in [5, 5.41) is 34.6. The number of anilines is 9. The molecule has 0 spiro atoms. The lowest BCUT2D eigenvalue weighted by Gasteiger charge is -2.27. The van der Waals surface area contributed by atoms with Crippen molar-refractivity contribution in [3.63, 3.8) is 0 Å². The molecule has 3 aromatic heterocycles. The van der Waals surface area contributed by atoms with Gasteiger partial charge in [-0.25, -0.2) is 18.4 Å². The number of ether oxygens (including phenoxy) is 1. The van der Waals surface area contributed by atoms with Crippen molar-refractivity contribution in [3.05, 3.63) is 139 Å². The summed E-state index contributed by atoms with van der Waals surface area (Å²) in [5.41, 5.74) is 0.793. The van der Waals surface area contributed by atoms with Crippen molar-refractivity contribution in [2.75, 3.05) is 45.0 Å². The summed E-state index contributed by atoms with van der Waals surface area (Å²) in [4.78, 5) is 55.5. The van der Waals surface area contributed by atoms with Crippen LogP contribution in [0.4, 0.5) is 68.0 Å². The molecule has 1 atom stereocenters. The second-order valence-electron chi connectivity index (χ2n) is 20.2. The van der Waals surface area contributed by atoms with E-state index in [1.54, 1.807) is 6.92 Å². The Hall–Kier alpha value is -10.1. The molecule has 3 aliphatic rings. The highest BCUT2D eigenvalue weighted by atomic mass is 35.5. The summed E-state index contributed by atoms with van der Waals surface area (Å²) in [6, 6.07) is 12.1. The fraction of sp³-hybridized carbons (Fsp3) is 0.115. The van der Waals surface area contributed by atoms with Gasteiger partial charge in [-0.05, 0) is 98.8 Å².